The Hall–Kier alpha value is -2.90. The van der Waals surface area contributed by atoms with E-state index in [0.717, 1.165) is 11.1 Å². The maximum absolute atomic E-state index is 12.1. The van der Waals surface area contributed by atoms with Crippen molar-refractivity contribution >= 4 is 28.4 Å². The molecule has 1 atom stereocenters. The maximum atomic E-state index is 12.1. The van der Waals surface area contributed by atoms with Gasteiger partial charge in [0.2, 0.25) is 11.8 Å². The van der Waals surface area contributed by atoms with E-state index in [1.54, 1.807) is 19.2 Å². The number of non-ortho nitro benzene ring substituents is 1. The van der Waals surface area contributed by atoms with Crippen molar-refractivity contribution in [1.29, 1.82) is 0 Å². The topological polar surface area (TPSA) is 117 Å². The van der Waals surface area contributed by atoms with Crippen LogP contribution in [0.5, 0.6) is 0 Å². The number of nitro benzene ring substituents is 1. The van der Waals surface area contributed by atoms with E-state index in [-0.39, 0.29) is 23.9 Å². The zero-order valence-electron chi connectivity index (χ0n) is 12.9. The molecule has 1 aromatic heterocycles. The van der Waals surface area contributed by atoms with Crippen LogP contribution in [0.3, 0.4) is 0 Å². The Balaban J connectivity index is 2.33. The van der Waals surface area contributed by atoms with Crippen molar-refractivity contribution in [3.63, 3.8) is 0 Å². The third kappa shape index (κ3) is 3.85. The van der Waals surface area contributed by atoms with Gasteiger partial charge in [0.15, 0.2) is 0 Å². The molecule has 122 valence electrons. The second-order valence-electron chi connectivity index (χ2n) is 5.15. The summed E-state index contributed by atoms with van der Waals surface area (Å²) in [6, 6.07) is 3.77. The average Bonchev–Trinajstić information content (AvgIpc) is 2.88. The molecule has 0 saturated heterocycles. The highest BCUT2D eigenvalue weighted by atomic mass is 16.6. The van der Waals surface area contributed by atoms with Gasteiger partial charge in [-0.05, 0) is 18.6 Å². The lowest BCUT2D eigenvalue weighted by molar-refractivity contribution is -0.384. The largest absolute Gasteiger partial charge is 0.361 e. The molecule has 0 saturated carbocycles. The summed E-state index contributed by atoms with van der Waals surface area (Å²) >= 11 is 0. The molecule has 8 heteroatoms. The number of fused-ring (bicyclic) bond motifs is 1. The molecule has 0 spiro atoms. The van der Waals surface area contributed by atoms with Gasteiger partial charge in [0.25, 0.3) is 5.69 Å². The molecular formula is C15H18N4O4. The van der Waals surface area contributed by atoms with Crippen LogP contribution in [-0.2, 0) is 16.0 Å². The van der Waals surface area contributed by atoms with E-state index in [1.807, 2.05) is 0 Å². The van der Waals surface area contributed by atoms with Crippen LogP contribution in [0.25, 0.3) is 10.9 Å². The number of nitro groups is 1. The number of likely N-dealkylation sites (N-methyl/N-ethyl adjacent to an activating group) is 1. The number of hydrogen-bond acceptors (Lipinski definition) is 4. The van der Waals surface area contributed by atoms with Crippen LogP contribution in [0.4, 0.5) is 5.69 Å². The summed E-state index contributed by atoms with van der Waals surface area (Å²) in [5.74, 6) is -0.602. The molecule has 0 aliphatic heterocycles. The highest BCUT2D eigenvalue weighted by Gasteiger charge is 2.21. The van der Waals surface area contributed by atoms with Crippen LogP contribution in [-0.4, -0.2) is 34.3 Å². The first kappa shape index (κ1) is 16.5. The monoisotopic (exact) mass is 318 g/mol. The van der Waals surface area contributed by atoms with Gasteiger partial charge in [-0.2, -0.15) is 0 Å². The first-order valence-electron chi connectivity index (χ1n) is 7.21. The van der Waals surface area contributed by atoms with Gasteiger partial charge >= 0.3 is 0 Å². The van der Waals surface area contributed by atoms with Crippen LogP contribution in [0.2, 0.25) is 0 Å². The molecule has 3 N–H and O–H groups in total. The standard InChI is InChI=1S/C15H18N4O4/c1-3-16-15(21)14(18-9(2)20)6-10-8-17-13-5-4-11(19(22)23)7-12(10)13/h4-5,7-8,14,17H,3,6H2,1-2H3,(H,16,21)(H,18,20)/t14-/m0/s1. The summed E-state index contributed by atoms with van der Waals surface area (Å²) in [5.41, 5.74) is 1.45. The lowest BCUT2D eigenvalue weighted by Gasteiger charge is -2.16. The molecule has 0 fully saturated rings. The number of aromatic nitrogens is 1. The highest BCUT2D eigenvalue weighted by molar-refractivity contribution is 5.89. The van der Waals surface area contributed by atoms with Gasteiger partial charge < -0.3 is 15.6 Å². The number of nitrogens with zero attached hydrogens (tertiary/aromatic N) is 1. The number of aromatic amines is 1. The molecular weight excluding hydrogens is 300 g/mol. The Labute approximate surface area is 132 Å². The van der Waals surface area contributed by atoms with Gasteiger partial charge in [-0.25, -0.2) is 0 Å². The molecule has 2 amide bonds. The molecule has 23 heavy (non-hydrogen) atoms. The fraction of sp³-hybridized carbons (Fsp3) is 0.333. The number of carbonyl (C=O) groups excluding carboxylic acids is 2. The molecule has 0 aliphatic rings. The minimum atomic E-state index is -0.731. The molecule has 0 aliphatic carbocycles. The Morgan fingerprint density at radius 1 is 1.39 bits per heavy atom. The van der Waals surface area contributed by atoms with Crippen LogP contribution in [0, 0.1) is 10.1 Å². The van der Waals surface area contributed by atoms with Crippen molar-refractivity contribution in [1.82, 2.24) is 15.6 Å². The lowest BCUT2D eigenvalue weighted by atomic mass is 10.0. The number of carbonyl (C=O) groups is 2. The predicted octanol–water partition coefficient (Wildman–Crippen LogP) is 1.26. The second-order valence-corrected chi connectivity index (χ2v) is 5.15. The fourth-order valence-corrected chi connectivity index (χ4v) is 2.42. The highest BCUT2D eigenvalue weighted by Crippen LogP contribution is 2.24. The molecule has 2 rings (SSSR count). The van der Waals surface area contributed by atoms with Gasteiger partial charge in [0, 0.05) is 49.1 Å². The molecule has 0 radical (unpaired) electrons. The first-order chi connectivity index (χ1) is 10.9. The Bertz CT molecular complexity index is 753. The summed E-state index contributed by atoms with van der Waals surface area (Å²) in [6.45, 7) is 3.58. The van der Waals surface area contributed by atoms with Crippen molar-refractivity contribution in [2.45, 2.75) is 26.3 Å². The second kappa shape index (κ2) is 6.91. The van der Waals surface area contributed by atoms with E-state index in [9.17, 15) is 19.7 Å². The average molecular weight is 318 g/mol. The predicted molar refractivity (Wildman–Crippen MR) is 84.9 cm³/mol. The van der Waals surface area contributed by atoms with Gasteiger partial charge in [0.1, 0.15) is 6.04 Å². The van der Waals surface area contributed by atoms with E-state index < -0.39 is 11.0 Å². The molecule has 0 unspecified atom stereocenters. The van der Waals surface area contributed by atoms with E-state index >= 15 is 0 Å². The van der Waals surface area contributed by atoms with E-state index in [0.29, 0.717) is 11.9 Å². The zero-order valence-corrected chi connectivity index (χ0v) is 12.9. The summed E-state index contributed by atoms with van der Waals surface area (Å²) in [6.07, 6.45) is 1.94. The molecule has 1 aromatic carbocycles. The summed E-state index contributed by atoms with van der Waals surface area (Å²) in [5, 5.41) is 16.9. The normalized spacial score (nSPS) is 11.9. The Morgan fingerprint density at radius 2 is 2.13 bits per heavy atom. The molecule has 2 aromatic rings. The van der Waals surface area contributed by atoms with Gasteiger partial charge in [-0.15, -0.1) is 0 Å². The Kier molecular flexibility index (Phi) is 4.95. The number of nitrogens with one attached hydrogen (secondary N) is 3. The van der Waals surface area contributed by atoms with E-state index in [2.05, 4.69) is 15.6 Å². The maximum Gasteiger partial charge on any atom is 0.270 e. The number of H-pyrrole nitrogens is 1. The summed E-state index contributed by atoms with van der Waals surface area (Å²) in [4.78, 5) is 36.8. The summed E-state index contributed by atoms with van der Waals surface area (Å²) in [7, 11) is 0. The van der Waals surface area contributed by atoms with Gasteiger partial charge in [0.05, 0.1) is 4.92 Å². The first-order valence-corrected chi connectivity index (χ1v) is 7.21. The zero-order chi connectivity index (χ0) is 17.0. The van der Waals surface area contributed by atoms with Crippen LogP contribution < -0.4 is 10.6 Å². The van der Waals surface area contributed by atoms with Crippen LogP contribution >= 0.6 is 0 Å². The minimum absolute atomic E-state index is 0.0209. The van der Waals surface area contributed by atoms with Crippen LogP contribution in [0.1, 0.15) is 19.4 Å². The van der Waals surface area contributed by atoms with Gasteiger partial charge in [-0.1, -0.05) is 0 Å². The van der Waals surface area contributed by atoms with Crippen molar-refractivity contribution in [2.75, 3.05) is 6.54 Å². The van der Waals surface area contributed by atoms with Crippen molar-refractivity contribution < 1.29 is 14.5 Å². The van der Waals surface area contributed by atoms with Gasteiger partial charge in [-0.3, -0.25) is 19.7 Å². The number of hydrogen-bond donors (Lipinski definition) is 3. The minimum Gasteiger partial charge on any atom is -0.361 e. The van der Waals surface area contributed by atoms with Crippen molar-refractivity contribution in [3.8, 4) is 0 Å². The van der Waals surface area contributed by atoms with E-state index in [4.69, 9.17) is 0 Å². The van der Waals surface area contributed by atoms with Crippen molar-refractivity contribution in [2.24, 2.45) is 0 Å². The molecule has 0 bridgehead atoms. The fourth-order valence-electron chi connectivity index (χ4n) is 2.42. The summed E-state index contributed by atoms with van der Waals surface area (Å²) < 4.78 is 0. The SMILES string of the molecule is CCNC(=O)[C@H](Cc1c[nH]c2ccc([N+](=O)[O-])cc12)NC(C)=O. The lowest BCUT2D eigenvalue weighted by Crippen LogP contribution is -2.47. The number of amides is 2. The molecule has 1 heterocycles. The molecule has 8 nitrogen and oxygen atoms in total. The van der Waals surface area contributed by atoms with E-state index in [1.165, 1.54) is 19.1 Å². The quantitative estimate of drug-likeness (QED) is 0.549. The van der Waals surface area contributed by atoms with Crippen LogP contribution in [0.15, 0.2) is 24.4 Å². The third-order valence-corrected chi connectivity index (χ3v) is 3.43. The number of benzene rings is 1. The third-order valence-electron chi connectivity index (χ3n) is 3.43. The smallest absolute Gasteiger partial charge is 0.270 e. The van der Waals surface area contributed by atoms with Crippen molar-refractivity contribution in [3.05, 3.63) is 40.1 Å². The Morgan fingerprint density at radius 3 is 2.74 bits per heavy atom. The number of rotatable bonds is 6.